The van der Waals surface area contributed by atoms with Crippen LogP contribution in [0.15, 0.2) is 28.8 Å². The predicted molar refractivity (Wildman–Crippen MR) is 109 cm³/mol. The molecule has 1 N–H and O–H groups in total. The molecule has 26 heavy (non-hydrogen) atoms. The van der Waals surface area contributed by atoms with Gasteiger partial charge in [0.15, 0.2) is 0 Å². The molecule has 3 rings (SSSR count). The van der Waals surface area contributed by atoms with Gasteiger partial charge in [-0.3, -0.25) is 0 Å². The molecule has 1 aliphatic heterocycles. The molecule has 5 heteroatoms. The number of aromatic nitrogens is 2. The van der Waals surface area contributed by atoms with E-state index in [0.29, 0.717) is 11.7 Å². The van der Waals surface area contributed by atoms with Crippen LogP contribution in [0.5, 0.6) is 0 Å². The van der Waals surface area contributed by atoms with E-state index in [1.807, 2.05) is 0 Å². The molecule has 2 aromatic rings. The van der Waals surface area contributed by atoms with Gasteiger partial charge in [0.2, 0.25) is 11.7 Å². The summed E-state index contributed by atoms with van der Waals surface area (Å²) < 4.78 is 5.45. The summed E-state index contributed by atoms with van der Waals surface area (Å²) in [6, 6.07) is 8.66. The topological polar surface area (TPSA) is 51.0 Å². The maximum absolute atomic E-state index is 5.45. The monoisotopic (exact) mass is 377 g/mol. The van der Waals surface area contributed by atoms with Crippen molar-refractivity contribution < 1.29 is 4.52 Å². The van der Waals surface area contributed by atoms with Gasteiger partial charge in [-0.05, 0) is 31.4 Å². The third-order valence-corrected chi connectivity index (χ3v) is 5.13. The summed E-state index contributed by atoms with van der Waals surface area (Å²) in [6.07, 6.45) is 11.8. The minimum atomic E-state index is 0. The molecule has 0 amide bonds. The van der Waals surface area contributed by atoms with Crippen molar-refractivity contribution in [2.75, 3.05) is 13.1 Å². The lowest BCUT2D eigenvalue weighted by molar-refractivity contribution is 0.359. The van der Waals surface area contributed by atoms with Gasteiger partial charge in [0.05, 0.1) is 5.92 Å². The molecule has 1 saturated heterocycles. The fourth-order valence-electron chi connectivity index (χ4n) is 3.49. The van der Waals surface area contributed by atoms with Crippen LogP contribution in [-0.4, -0.2) is 23.2 Å². The number of halogens is 1. The van der Waals surface area contributed by atoms with E-state index in [2.05, 4.69) is 46.6 Å². The Balaban J connectivity index is 0.00000243. The van der Waals surface area contributed by atoms with Gasteiger partial charge in [-0.25, -0.2) is 0 Å². The molecule has 1 atom stereocenters. The highest BCUT2D eigenvalue weighted by Gasteiger charge is 2.22. The van der Waals surface area contributed by atoms with E-state index in [1.54, 1.807) is 0 Å². The predicted octanol–water partition coefficient (Wildman–Crippen LogP) is 5.53. The van der Waals surface area contributed by atoms with Gasteiger partial charge in [-0.2, -0.15) is 4.98 Å². The molecule has 0 saturated carbocycles. The number of rotatable bonds is 10. The highest BCUT2D eigenvalue weighted by atomic mass is 35.5. The third-order valence-electron chi connectivity index (χ3n) is 5.13. The number of nitrogens with one attached hydrogen (secondary N) is 1. The zero-order chi connectivity index (χ0) is 17.3. The van der Waals surface area contributed by atoms with E-state index in [1.165, 1.54) is 56.9 Å². The average Bonchev–Trinajstić information content (AvgIpc) is 3.33. The second-order valence-corrected chi connectivity index (χ2v) is 7.21. The Bertz CT molecular complexity index is 620. The van der Waals surface area contributed by atoms with Crippen LogP contribution in [0.1, 0.15) is 75.7 Å². The molecule has 1 unspecified atom stereocenters. The highest BCUT2D eigenvalue weighted by molar-refractivity contribution is 5.85. The van der Waals surface area contributed by atoms with E-state index in [4.69, 9.17) is 4.52 Å². The van der Waals surface area contributed by atoms with Gasteiger partial charge in [-0.15, -0.1) is 12.4 Å². The zero-order valence-corrected chi connectivity index (χ0v) is 16.7. The molecule has 2 heterocycles. The molecule has 1 aliphatic rings. The SMILES string of the molecule is CCCCCCCCCc1ccc(-c2noc(C3CCNC3)n2)cc1.Cl. The summed E-state index contributed by atoms with van der Waals surface area (Å²) in [5.74, 6) is 1.86. The smallest absolute Gasteiger partial charge is 0.231 e. The first-order chi connectivity index (χ1) is 12.4. The van der Waals surface area contributed by atoms with E-state index in [9.17, 15) is 0 Å². The van der Waals surface area contributed by atoms with Gasteiger partial charge in [0, 0.05) is 12.1 Å². The van der Waals surface area contributed by atoms with Crippen LogP contribution in [0.25, 0.3) is 11.4 Å². The van der Waals surface area contributed by atoms with E-state index >= 15 is 0 Å². The van der Waals surface area contributed by atoms with Crippen LogP contribution >= 0.6 is 12.4 Å². The van der Waals surface area contributed by atoms with Gasteiger partial charge in [-0.1, -0.05) is 74.9 Å². The molecular weight excluding hydrogens is 346 g/mol. The van der Waals surface area contributed by atoms with Gasteiger partial charge in [0.1, 0.15) is 0 Å². The molecule has 0 bridgehead atoms. The van der Waals surface area contributed by atoms with Gasteiger partial charge in [0.25, 0.3) is 0 Å². The number of benzene rings is 1. The fraction of sp³-hybridized carbons (Fsp3) is 0.619. The van der Waals surface area contributed by atoms with Crippen LogP contribution in [0.3, 0.4) is 0 Å². The quantitative estimate of drug-likeness (QED) is 0.553. The molecular formula is C21H32ClN3O. The van der Waals surface area contributed by atoms with Crippen molar-refractivity contribution in [1.29, 1.82) is 0 Å². The Morgan fingerprint density at radius 3 is 2.46 bits per heavy atom. The first kappa shape index (κ1) is 20.9. The summed E-state index contributed by atoms with van der Waals surface area (Å²) in [5.41, 5.74) is 2.45. The largest absolute Gasteiger partial charge is 0.339 e. The molecule has 0 spiro atoms. The first-order valence-corrected chi connectivity index (χ1v) is 10.0. The first-order valence-electron chi connectivity index (χ1n) is 10.0. The zero-order valence-electron chi connectivity index (χ0n) is 15.9. The molecule has 0 aliphatic carbocycles. The number of hydrogen-bond donors (Lipinski definition) is 1. The Hall–Kier alpha value is -1.39. The standard InChI is InChI=1S/C21H31N3O.ClH/c1-2-3-4-5-6-7-8-9-17-10-12-18(13-11-17)20-23-21(25-24-20)19-14-15-22-16-19;/h10-13,19,22H,2-9,14-16H2,1H3;1H. The summed E-state index contributed by atoms with van der Waals surface area (Å²) in [5, 5.41) is 7.50. The Kier molecular flexibility index (Phi) is 9.13. The highest BCUT2D eigenvalue weighted by Crippen LogP contribution is 2.24. The summed E-state index contributed by atoms with van der Waals surface area (Å²) >= 11 is 0. The van der Waals surface area contributed by atoms with Crippen molar-refractivity contribution >= 4 is 12.4 Å². The van der Waals surface area contributed by atoms with Crippen LogP contribution in [-0.2, 0) is 6.42 Å². The van der Waals surface area contributed by atoms with Gasteiger partial charge >= 0.3 is 0 Å². The lowest BCUT2D eigenvalue weighted by Gasteiger charge is -2.03. The Labute approximate surface area is 163 Å². The second-order valence-electron chi connectivity index (χ2n) is 7.21. The minimum Gasteiger partial charge on any atom is -0.339 e. The lowest BCUT2D eigenvalue weighted by Crippen LogP contribution is -2.08. The molecule has 1 aromatic carbocycles. The minimum absolute atomic E-state index is 0. The van der Waals surface area contributed by atoms with Crippen molar-refractivity contribution in [2.24, 2.45) is 0 Å². The lowest BCUT2D eigenvalue weighted by atomic mass is 10.0. The van der Waals surface area contributed by atoms with Crippen molar-refractivity contribution in [1.82, 2.24) is 15.5 Å². The average molecular weight is 378 g/mol. The van der Waals surface area contributed by atoms with E-state index < -0.39 is 0 Å². The van der Waals surface area contributed by atoms with Crippen molar-refractivity contribution in [3.8, 4) is 11.4 Å². The molecule has 0 radical (unpaired) electrons. The maximum atomic E-state index is 5.45. The fourth-order valence-corrected chi connectivity index (χ4v) is 3.49. The normalized spacial score (nSPS) is 16.6. The summed E-state index contributed by atoms with van der Waals surface area (Å²) in [7, 11) is 0. The number of nitrogens with zero attached hydrogens (tertiary/aromatic N) is 2. The molecule has 144 valence electrons. The van der Waals surface area contributed by atoms with Crippen molar-refractivity contribution in [2.45, 2.75) is 70.6 Å². The molecule has 1 fully saturated rings. The van der Waals surface area contributed by atoms with Crippen LogP contribution in [0.4, 0.5) is 0 Å². The number of hydrogen-bond acceptors (Lipinski definition) is 4. The Morgan fingerprint density at radius 1 is 1.04 bits per heavy atom. The maximum Gasteiger partial charge on any atom is 0.231 e. The molecule has 4 nitrogen and oxygen atoms in total. The Morgan fingerprint density at radius 2 is 1.77 bits per heavy atom. The van der Waals surface area contributed by atoms with Gasteiger partial charge < -0.3 is 9.84 Å². The molecule has 1 aromatic heterocycles. The van der Waals surface area contributed by atoms with Crippen LogP contribution in [0, 0.1) is 0 Å². The van der Waals surface area contributed by atoms with E-state index in [0.717, 1.165) is 31.0 Å². The summed E-state index contributed by atoms with van der Waals surface area (Å²) in [4.78, 5) is 4.59. The van der Waals surface area contributed by atoms with Crippen molar-refractivity contribution in [3.05, 3.63) is 35.7 Å². The third kappa shape index (κ3) is 6.10. The second kappa shape index (κ2) is 11.3. The number of unbranched alkanes of at least 4 members (excludes halogenated alkanes) is 6. The van der Waals surface area contributed by atoms with Crippen molar-refractivity contribution in [3.63, 3.8) is 0 Å². The van der Waals surface area contributed by atoms with E-state index in [-0.39, 0.29) is 12.4 Å². The number of aryl methyl sites for hydroxylation is 1. The van der Waals surface area contributed by atoms with Crippen LogP contribution in [0.2, 0.25) is 0 Å². The summed E-state index contributed by atoms with van der Waals surface area (Å²) in [6.45, 7) is 4.25. The van der Waals surface area contributed by atoms with Crippen LogP contribution < -0.4 is 5.32 Å².